The summed E-state index contributed by atoms with van der Waals surface area (Å²) in [6.45, 7) is 4.56. The number of rotatable bonds is 9. The Morgan fingerprint density at radius 3 is 2.55 bits per heavy atom. The molecule has 0 aromatic carbocycles. The molecule has 112 valence electrons. The fourth-order valence-corrected chi connectivity index (χ4v) is 2.68. The number of thiocarbonyl (C=S) groups is 1. The van der Waals surface area contributed by atoms with Crippen molar-refractivity contribution in [2.24, 2.45) is 11.1 Å². The van der Waals surface area contributed by atoms with Gasteiger partial charge in [-0.15, -0.1) is 0 Å². The molecule has 0 spiro atoms. The van der Waals surface area contributed by atoms with E-state index >= 15 is 0 Å². The van der Waals surface area contributed by atoms with Gasteiger partial charge in [-0.3, -0.25) is 9.89 Å². The zero-order chi connectivity index (χ0) is 15.0. The first-order chi connectivity index (χ1) is 9.56. The summed E-state index contributed by atoms with van der Waals surface area (Å²) < 4.78 is 0. The van der Waals surface area contributed by atoms with Gasteiger partial charge in [0.15, 0.2) is 0 Å². The minimum Gasteiger partial charge on any atom is -0.392 e. The number of carbonyl (C=O) groups excluding carboxylic acids is 1. The van der Waals surface area contributed by atoms with Crippen LogP contribution in [0.5, 0.6) is 0 Å². The zero-order valence-electron chi connectivity index (χ0n) is 12.1. The number of hydrogen-bond acceptors (Lipinski definition) is 4. The third-order valence-corrected chi connectivity index (χ3v) is 3.76. The standard InChI is InChI=1S/C13H23N5OS/c1-3-6-13(7-4-2,11(14)20)12(19)15-8-5-10-16-9-17-18-10/h9H,3-8H2,1-2H3,(H2,14,20)(H,15,19)(H,16,17,18). The van der Waals surface area contributed by atoms with Crippen molar-refractivity contribution in [2.45, 2.75) is 46.0 Å². The van der Waals surface area contributed by atoms with Crippen LogP contribution in [0, 0.1) is 5.41 Å². The highest BCUT2D eigenvalue weighted by Gasteiger charge is 2.39. The third-order valence-electron chi connectivity index (χ3n) is 3.37. The molecular formula is C13H23N5OS. The summed E-state index contributed by atoms with van der Waals surface area (Å²) in [5.41, 5.74) is 5.13. The Balaban J connectivity index is 2.64. The van der Waals surface area contributed by atoms with Gasteiger partial charge in [-0.2, -0.15) is 5.10 Å². The van der Waals surface area contributed by atoms with E-state index < -0.39 is 5.41 Å². The molecule has 0 bridgehead atoms. The first-order valence-corrected chi connectivity index (χ1v) is 7.40. The van der Waals surface area contributed by atoms with Crippen LogP contribution in [-0.2, 0) is 11.2 Å². The van der Waals surface area contributed by atoms with Crippen molar-refractivity contribution in [3.63, 3.8) is 0 Å². The average molecular weight is 297 g/mol. The minimum atomic E-state index is -0.722. The van der Waals surface area contributed by atoms with Crippen molar-refractivity contribution < 1.29 is 4.79 Å². The number of aromatic amines is 1. The molecule has 0 saturated carbocycles. The summed E-state index contributed by atoms with van der Waals surface area (Å²) in [5, 5.41) is 9.44. The van der Waals surface area contributed by atoms with Gasteiger partial charge in [-0.1, -0.05) is 38.9 Å². The molecule has 0 radical (unpaired) electrons. The van der Waals surface area contributed by atoms with Crippen molar-refractivity contribution in [1.29, 1.82) is 0 Å². The molecule has 7 heteroatoms. The van der Waals surface area contributed by atoms with Crippen LogP contribution in [0.1, 0.15) is 45.4 Å². The van der Waals surface area contributed by atoms with Crippen molar-refractivity contribution in [3.8, 4) is 0 Å². The topological polar surface area (TPSA) is 96.7 Å². The summed E-state index contributed by atoms with van der Waals surface area (Å²) in [4.78, 5) is 16.8. The fourth-order valence-electron chi connectivity index (χ4n) is 2.38. The highest BCUT2D eigenvalue weighted by Crippen LogP contribution is 2.30. The van der Waals surface area contributed by atoms with E-state index in [1.165, 1.54) is 6.33 Å². The second-order valence-corrected chi connectivity index (χ2v) is 5.32. The third kappa shape index (κ3) is 4.00. The molecule has 0 aliphatic carbocycles. The Hall–Kier alpha value is -1.50. The maximum atomic E-state index is 12.5. The second-order valence-electron chi connectivity index (χ2n) is 4.88. The van der Waals surface area contributed by atoms with E-state index in [0.717, 1.165) is 18.7 Å². The molecule has 20 heavy (non-hydrogen) atoms. The average Bonchev–Trinajstić information content (AvgIpc) is 2.91. The Labute approximate surface area is 124 Å². The number of amides is 1. The van der Waals surface area contributed by atoms with Gasteiger partial charge in [0, 0.05) is 13.0 Å². The molecule has 0 saturated heterocycles. The molecule has 1 heterocycles. The number of nitrogens with two attached hydrogens (primary N) is 1. The first-order valence-electron chi connectivity index (χ1n) is 6.99. The van der Waals surface area contributed by atoms with Crippen LogP contribution in [0.3, 0.4) is 0 Å². The predicted molar refractivity (Wildman–Crippen MR) is 82.1 cm³/mol. The quantitative estimate of drug-likeness (QED) is 0.598. The van der Waals surface area contributed by atoms with Crippen molar-refractivity contribution >= 4 is 23.1 Å². The highest BCUT2D eigenvalue weighted by molar-refractivity contribution is 7.80. The predicted octanol–water partition coefficient (Wildman–Crippen LogP) is 1.34. The number of carbonyl (C=O) groups is 1. The summed E-state index contributed by atoms with van der Waals surface area (Å²) in [6.07, 6.45) is 5.16. The molecule has 0 fully saturated rings. The molecule has 0 unspecified atom stereocenters. The van der Waals surface area contributed by atoms with Gasteiger partial charge in [0.2, 0.25) is 5.91 Å². The van der Waals surface area contributed by atoms with Gasteiger partial charge < -0.3 is 11.1 Å². The summed E-state index contributed by atoms with van der Waals surface area (Å²) in [6, 6.07) is 0. The Bertz CT molecular complexity index is 426. The normalized spacial score (nSPS) is 11.3. The maximum absolute atomic E-state index is 12.5. The van der Waals surface area contributed by atoms with Crippen LogP contribution < -0.4 is 11.1 Å². The lowest BCUT2D eigenvalue weighted by Gasteiger charge is -2.31. The smallest absolute Gasteiger partial charge is 0.233 e. The summed E-state index contributed by atoms with van der Waals surface area (Å²) in [5.74, 6) is 0.672. The number of aromatic nitrogens is 3. The minimum absolute atomic E-state index is 0.0757. The molecule has 0 aliphatic rings. The largest absolute Gasteiger partial charge is 0.392 e. The summed E-state index contributed by atoms with van der Waals surface area (Å²) >= 11 is 5.15. The molecule has 0 atom stereocenters. The van der Waals surface area contributed by atoms with Crippen LogP contribution in [0.4, 0.5) is 0 Å². The number of nitrogens with one attached hydrogen (secondary N) is 2. The number of H-pyrrole nitrogens is 1. The van der Waals surface area contributed by atoms with E-state index in [1.54, 1.807) is 0 Å². The van der Waals surface area contributed by atoms with E-state index in [4.69, 9.17) is 18.0 Å². The van der Waals surface area contributed by atoms with Crippen LogP contribution >= 0.6 is 12.2 Å². The van der Waals surface area contributed by atoms with Crippen molar-refractivity contribution in [1.82, 2.24) is 20.5 Å². The van der Waals surface area contributed by atoms with E-state index in [2.05, 4.69) is 20.5 Å². The van der Waals surface area contributed by atoms with Gasteiger partial charge in [0.25, 0.3) is 0 Å². The maximum Gasteiger partial charge on any atom is 0.233 e. The van der Waals surface area contributed by atoms with Crippen LogP contribution in [-0.4, -0.2) is 32.6 Å². The van der Waals surface area contributed by atoms with E-state index in [9.17, 15) is 4.79 Å². The lowest BCUT2D eigenvalue weighted by Crippen LogP contribution is -2.49. The van der Waals surface area contributed by atoms with Gasteiger partial charge in [-0.05, 0) is 12.8 Å². The molecule has 1 rings (SSSR count). The van der Waals surface area contributed by atoms with E-state index in [1.807, 2.05) is 13.8 Å². The zero-order valence-corrected chi connectivity index (χ0v) is 12.9. The molecular weight excluding hydrogens is 274 g/mol. The molecule has 1 aromatic rings. The Morgan fingerprint density at radius 1 is 1.45 bits per heavy atom. The molecule has 4 N–H and O–H groups in total. The van der Waals surface area contributed by atoms with Gasteiger partial charge in [0.1, 0.15) is 12.2 Å². The molecule has 0 aliphatic heterocycles. The highest BCUT2D eigenvalue weighted by atomic mass is 32.1. The summed E-state index contributed by atoms with van der Waals surface area (Å²) in [7, 11) is 0. The van der Waals surface area contributed by atoms with Gasteiger partial charge >= 0.3 is 0 Å². The Morgan fingerprint density at radius 2 is 2.10 bits per heavy atom. The molecule has 6 nitrogen and oxygen atoms in total. The second kappa shape index (κ2) is 7.94. The monoisotopic (exact) mass is 297 g/mol. The van der Waals surface area contributed by atoms with Gasteiger partial charge in [-0.25, -0.2) is 4.98 Å². The van der Waals surface area contributed by atoms with Gasteiger partial charge in [0.05, 0.1) is 10.4 Å². The Kier molecular flexibility index (Phi) is 6.57. The van der Waals surface area contributed by atoms with Crippen LogP contribution in [0.2, 0.25) is 0 Å². The van der Waals surface area contributed by atoms with Crippen molar-refractivity contribution in [3.05, 3.63) is 12.2 Å². The van der Waals surface area contributed by atoms with Crippen molar-refractivity contribution in [2.75, 3.05) is 6.54 Å². The SMILES string of the molecule is CCCC(CCC)(C(=O)NCCc1ncn[nH]1)C(N)=S. The fraction of sp³-hybridized carbons (Fsp3) is 0.692. The molecule has 1 amide bonds. The lowest BCUT2D eigenvalue weighted by atomic mass is 9.78. The van der Waals surface area contributed by atoms with Crippen LogP contribution in [0.25, 0.3) is 0 Å². The first kappa shape index (κ1) is 16.6. The molecule has 1 aromatic heterocycles. The lowest BCUT2D eigenvalue weighted by molar-refractivity contribution is -0.128. The number of nitrogens with zero attached hydrogens (tertiary/aromatic N) is 2. The van der Waals surface area contributed by atoms with E-state index in [0.29, 0.717) is 30.8 Å². The number of hydrogen-bond donors (Lipinski definition) is 3. The van der Waals surface area contributed by atoms with Crippen LogP contribution in [0.15, 0.2) is 6.33 Å². The van der Waals surface area contributed by atoms with E-state index in [-0.39, 0.29) is 5.91 Å².